The summed E-state index contributed by atoms with van der Waals surface area (Å²) in [6.07, 6.45) is 5.51. The Balaban J connectivity index is 1.74. The Kier molecular flexibility index (Phi) is 3.65. The quantitative estimate of drug-likeness (QED) is 0.813. The summed E-state index contributed by atoms with van der Waals surface area (Å²) in [4.78, 5) is 13.9. The minimum Gasteiger partial charge on any atom is -0.439 e. The van der Waals surface area contributed by atoms with Gasteiger partial charge in [0.2, 0.25) is 0 Å². The number of ether oxygens (including phenoxy) is 1. The second-order valence-corrected chi connectivity index (χ2v) is 5.75. The molecule has 3 nitrogen and oxygen atoms in total. The van der Waals surface area contributed by atoms with E-state index in [2.05, 4.69) is 0 Å². The first kappa shape index (κ1) is 12.8. The van der Waals surface area contributed by atoms with Gasteiger partial charge < -0.3 is 9.64 Å². The number of hydrogen-bond donors (Lipinski definition) is 0. The van der Waals surface area contributed by atoms with Crippen LogP contribution in [-0.2, 0) is 4.74 Å². The highest BCUT2D eigenvalue weighted by Gasteiger charge is 2.37. The first-order chi connectivity index (χ1) is 9.25. The minimum atomic E-state index is -0.219. The summed E-state index contributed by atoms with van der Waals surface area (Å²) in [6, 6.07) is 7.95. The van der Waals surface area contributed by atoms with Crippen LogP contribution in [0.25, 0.3) is 0 Å². The molecular weight excluding hydrogens is 262 g/mol. The molecule has 1 aliphatic heterocycles. The SMILES string of the molecule is O=C1OC(c2ccccc2Cl)CN1C1CCCCC1. The number of carbonyl (C=O) groups excluding carboxylic acids is 1. The Morgan fingerprint density at radius 3 is 2.63 bits per heavy atom. The number of hydrogen-bond acceptors (Lipinski definition) is 2. The van der Waals surface area contributed by atoms with Crippen molar-refractivity contribution >= 4 is 17.7 Å². The molecule has 1 atom stereocenters. The van der Waals surface area contributed by atoms with E-state index in [1.54, 1.807) is 0 Å². The van der Waals surface area contributed by atoms with Crippen LogP contribution in [0, 0.1) is 0 Å². The van der Waals surface area contributed by atoms with Crippen molar-refractivity contribution in [3.63, 3.8) is 0 Å². The number of amides is 1. The molecule has 0 spiro atoms. The average molecular weight is 280 g/mol. The Hall–Kier alpha value is -1.22. The van der Waals surface area contributed by atoms with Gasteiger partial charge in [-0.2, -0.15) is 0 Å². The fourth-order valence-electron chi connectivity index (χ4n) is 3.07. The van der Waals surface area contributed by atoms with E-state index in [0.29, 0.717) is 17.6 Å². The largest absolute Gasteiger partial charge is 0.439 e. The maximum atomic E-state index is 12.0. The molecule has 2 aliphatic rings. The first-order valence-electron chi connectivity index (χ1n) is 6.97. The number of benzene rings is 1. The minimum absolute atomic E-state index is 0.184. The maximum absolute atomic E-state index is 12.0. The third-order valence-corrected chi connectivity index (χ3v) is 4.45. The van der Waals surface area contributed by atoms with Gasteiger partial charge in [-0.1, -0.05) is 49.1 Å². The highest BCUT2D eigenvalue weighted by Crippen LogP contribution is 2.34. The third kappa shape index (κ3) is 2.57. The number of carbonyl (C=O) groups is 1. The van der Waals surface area contributed by atoms with E-state index in [1.165, 1.54) is 19.3 Å². The Labute approximate surface area is 118 Å². The van der Waals surface area contributed by atoms with Crippen LogP contribution >= 0.6 is 11.6 Å². The fraction of sp³-hybridized carbons (Fsp3) is 0.533. The molecule has 0 N–H and O–H groups in total. The van der Waals surface area contributed by atoms with Crippen LogP contribution in [0.1, 0.15) is 43.8 Å². The van der Waals surface area contributed by atoms with E-state index >= 15 is 0 Å². The van der Waals surface area contributed by atoms with Gasteiger partial charge in [0.15, 0.2) is 0 Å². The lowest BCUT2D eigenvalue weighted by molar-refractivity contribution is 0.124. The van der Waals surface area contributed by atoms with E-state index in [4.69, 9.17) is 16.3 Å². The summed E-state index contributed by atoms with van der Waals surface area (Å²) in [5.74, 6) is 0. The van der Waals surface area contributed by atoms with Crippen molar-refractivity contribution in [2.75, 3.05) is 6.54 Å². The smallest absolute Gasteiger partial charge is 0.410 e. The van der Waals surface area contributed by atoms with Gasteiger partial charge in [-0.15, -0.1) is 0 Å². The van der Waals surface area contributed by atoms with Crippen molar-refractivity contribution in [3.05, 3.63) is 34.9 Å². The van der Waals surface area contributed by atoms with Crippen molar-refractivity contribution in [3.8, 4) is 0 Å². The third-order valence-electron chi connectivity index (χ3n) is 4.11. The summed E-state index contributed by atoms with van der Waals surface area (Å²) in [5, 5.41) is 0.672. The molecule has 102 valence electrons. The Morgan fingerprint density at radius 1 is 1.16 bits per heavy atom. The molecule has 19 heavy (non-hydrogen) atoms. The van der Waals surface area contributed by atoms with Gasteiger partial charge in [0.1, 0.15) is 6.10 Å². The lowest BCUT2D eigenvalue weighted by Gasteiger charge is -2.29. The maximum Gasteiger partial charge on any atom is 0.410 e. The van der Waals surface area contributed by atoms with Gasteiger partial charge in [-0.05, 0) is 18.9 Å². The number of halogens is 1. The summed E-state index contributed by atoms with van der Waals surface area (Å²) in [6.45, 7) is 0.632. The van der Waals surface area contributed by atoms with E-state index in [0.717, 1.165) is 18.4 Å². The van der Waals surface area contributed by atoms with E-state index in [-0.39, 0.29) is 12.2 Å². The molecule has 1 heterocycles. The highest BCUT2D eigenvalue weighted by molar-refractivity contribution is 6.31. The monoisotopic (exact) mass is 279 g/mol. The zero-order chi connectivity index (χ0) is 13.2. The number of nitrogens with zero attached hydrogens (tertiary/aromatic N) is 1. The zero-order valence-corrected chi connectivity index (χ0v) is 11.6. The zero-order valence-electron chi connectivity index (χ0n) is 10.8. The molecule has 1 saturated heterocycles. The van der Waals surface area contributed by atoms with Crippen molar-refractivity contribution < 1.29 is 9.53 Å². The lowest BCUT2D eigenvalue weighted by atomic mass is 9.94. The Morgan fingerprint density at radius 2 is 1.89 bits per heavy atom. The van der Waals surface area contributed by atoms with Crippen molar-refractivity contribution in [2.24, 2.45) is 0 Å². The summed E-state index contributed by atoms with van der Waals surface area (Å²) >= 11 is 6.18. The van der Waals surface area contributed by atoms with Crippen LogP contribution in [0.5, 0.6) is 0 Å². The van der Waals surface area contributed by atoms with Gasteiger partial charge in [-0.3, -0.25) is 0 Å². The van der Waals surface area contributed by atoms with Gasteiger partial charge in [0, 0.05) is 16.6 Å². The lowest BCUT2D eigenvalue weighted by Crippen LogP contribution is -2.37. The van der Waals surface area contributed by atoms with Crippen molar-refractivity contribution in [1.29, 1.82) is 0 Å². The normalized spacial score (nSPS) is 24.6. The summed E-state index contributed by atoms with van der Waals surface area (Å²) < 4.78 is 5.50. The van der Waals surface area contributed by atoms with E-state index < -0.39 is 0 Å². The second-order valence-electron chi connectivity index (χ2n) is 5.34. The van der Waals surface area contributed by atoms with Crippen LogP contribution in [0.4, 0.5) is 4.79 Å². The molecule has 3 rings (SSSR count). The topological polar surface area (TPSA) is 29.5 Å². The van der Waals surface area contributed by atoms with Crippen molar-refractivity contribution in [1.82, 2.24) is 4.90 Å². The molecule has 1 unspecified atom stereocenters. The first-order valence-corrected chi connectivity index (χ1v) is 7.35. The van der Waals surface area contributed by atoms with Gasteiger partial charge in [0.05, 0.1) is 6.54 Å². The molecular formula is C15H18ClNO2. The van der Waals surface area contributed by atoms with Gasteiger partial charge in [0.25, 0.3) is 0 Å². The van der Waals surface area contributed by atoms with Gasteiger partial charge >= 0.3 is 6.09 Å². The molecule has 0 radical (unpaired) electrons. The molecule has 1 aromatic rings. The predicted octanol–water partition coefficient (Wildman–Crippen LogP) is 4.17. The average Bonchev–Trinajstić information content (AvgIpc) is 2.82. The molecule has 4 heteroatoms. The van der Waals surface area contributed by atoms with Crippen LogP contribution in [0.15, 0.2) is 24.3 Å². The molecule has 2 fully saturated rings. The predicted molar refractivity (Wildman–Crippen MR) is 74.3 cm³/mol. The second kappa shape index (κ2) is 5.41. The molecule has 1 aliphatic carbocycles. The molecule has 0 aromatic heterocycles. The fourth-order valence-corrected chi connectivity index (χ4v) is 3.33. The van der Waals surface area contributed by atoms with Crippen LogP contribution in [0.3, 0.4) is 0 Å². The number of cyclic esters (lactones) is 1. The van der Waals surface area contributed by atoms with E-state index in [1.807, 2.05) is 29.2 Å². The molecule has 0 bridgehead atoms. The van der Waals surface area contributed by atoms with Crippen LogP contribution < -0.4 is 0 Å². The highest BCUT2D eigenvalue weighted by atomic mass is 35.5. The van der Waals surface area contributed by atoms with E-state index in [9.17, 15) is 4.79 Å². The molecule has 1 aromatic carbocycles. The van der Waals surface area contributed by atoms with Crippen molar-refractivity contribution in [2.45, 2.75) is 44.2 Å². The summed E-state index contributed by atoms with van der Waals surface area (Å²) in [7, 11) is 0. The molecule has 1 amide bonds. The standard InChI is InChI=1S/C15H18ClNO2/c16-13-9-5-4-8-12(13)14-10-17(15(18)19-14)11-6-2-1-3-7-11/h4-5,8-9,11,14H,1-3,6-7,10H2. The number of rotatable bonds is 2. The summed E-state index contributed by atoms with van der Waals surface area (Å²) in [5.41, 5.74) is 0.913. The van der Waals surface area contributed by atoms with Crippen LogP contribution in [0.2, 0.25) is 5.02 Å². The Bertz CT molecular complexity index is 471. The van der Waals surface area contributed by atoms with Gasteiger partial charge in [-0.25, -0.2) is 4.79 Å². The molecule has 1 saturated carbocycles. The van der Waals surface area contributed by atoms with Crippen LogP contribution in [-0.4, -0.2) is 23.6 Å².